The molecular formula is C28H23BrF3NO3. The second kappa shape index (κ2) is 10.6. The van der Waals surface area contributed by atoms with Gasteiger partial charge in [-0.1, -0.05) is 34.1 Å². The molecule has 1 aromatic heterocycles. The molecule has 0 aliphatic heterocycles. The first-order valence-corrected chi connectivity index (χ1v) is 12.0. The van der Waals surface area contributed by atoms with Crippen molar-refractivity contribution in [1.82, 2.24) is 4.57 Å². The highest BCUT2D eigenvalue weighted by Crippen LogP contribution is 2.36. The van der Waals surface area contributed by atoms with Crippen molar-refractivity contribution in [3.05, 3.63) is 106 Å². The maximum Gasteiger partial charge on any atom is 0.416 e. The standard InChI is InChI=1S/C28H23BrF3NO3/c1-3-35-27(34)20-5-4-6-23(15-20)33-18(2)7-13-25(33)24-16-22(29)12-14-26(24)36-17-19-8-10-21(11-9-19)28(30,31)32/h4-16H,3,17H2,1-2H3. The van der Waals surface area contributed by atoms with Crippen LogP contribution in [0, 0.1) is 6.92 Å². The number of ether oxygens (including phenoxy) is 2. The van der Waals surface area contributed by atoms with Gasteiger partial charge in [0.15, 0.2) is 0 Å². The normalized spacial score (nSPS) is 11.4. The lowest BCUT2D eigenvalue weighted by atomic mass is 10.1. The van der Waals surface area contributed by atoms with E-state index < -0.39 is 17.7 Å². The fourth-order valence-electron chi connectivity index (χ4n) is 3.86. The van der Waals surface area contributed by atoms with Gasteiger partial charge in [-0.15, -0.1) is 0 Å². The van der Waals surface area contributed by atoms with E-state index in [1.807, 2.05) is 47.9 Å². The molecule has 0 N–H and O–H groups in total. The fraction of sp³-hybridized carbons (Fsp3) is 0.179. The molecular weight excluding hydrogens is 535 g/mol. The van der Waals surface area contributed by atoms with Crippen molar-refractivity contribution in [2.45, 2.75) is 26.6 Å². The summed E-state index contributed by atoms with van der Waals surface area (Å²) in [5.41, 5.74) is 3.70. The second-order valence-corrected chi connectivity index (χ2v) is 9.01. The van der Waals surface area contributed by atoms with E-state index in [0.29, 0.717) is 16.9 Å². The lowest BCUT2D eigenvalue weighted by molar-refractivity contribution is -0.137. The van der Waals surface area contributed by atoms with Crippen LogP contribution in [0.25, 0.3) is 16.9 Å². The maximum absolute atomic E-state index is 12.9. The highest BCUT2D eigenvalue weighted by molar-refractivity contribution is 9.10. The number of halogens is 4. The summed E-state index contributed by atoms with van der Waals surface area (Å²) in [5.74, 6) is 0.174. The van der Waals surface area contributed by atoms with Crippen molar-refractivity contribution >= 4 is 21.9 Å². The summed E-state index contributed by atoms with van der Waals surface area (Å²) in [6, 6.07) is 21.6. The molecule has 4 nitrogen and oxygen atoms in total. The first-order chi connectivity index (χ1) is 17.2. The van der Waals surface area contributed by atoms with E-state index >= 15 is 0 Å². The molecule has 8 heteroatoms. The summed E-state index contributed by atoms with van der Waals surface area (Å²) in [6.45, 7) is 4.11. The maximum atomic E-state index is 12.9. The van der Waals surface area contributed by atoms with Crippen LogP contribution in [0.2, 0.25) is 0 Å². The van der Waals surface area contributed by atoms with Crippen LogP contribution in [0.1, 0.15) is 34.1 Å². The largest absolute Gasteiger partial charge is 0.488 e. The quantitative estimate of drug-likeness (QED) is 0.216. The smallest absolute Gasteiger partial charge is 0.416 e. The third-order valence-corrected chi connectivity index (χ3v) is 6.08. The lowest BCUT2D eigenvalue weighted by Crippen LogP contribution is -2.07. The number of aromatic nitrogens is 1. The summed E-state index contributed by atoms with van der Waals surface area (Å²) >= 11 is 3.52. The van der Waals surface area contributed by atoms with E-state index in [0.717, 1.165) is 39.2 Å². The van der Waals surface area contributed by atoms with Gasteiger partial charge in [0.2, 0.25) is 0 Å². The first-order valence-electron chi connectivity index (χ1n) is 11.2. The summed E-state index contributed by atoms with van der Waals surface area (Å²) in [7, 11) is 0. The molecule has 4 aromatic rings. The molecule has 0 fully saturated rings. The molecule has 3 aromatic carbocycles. The summed E-state index contributed by atoms with van der Waals surface area (Å²) in [5, 5.41) is 0. The molecule has 0 unspecified atom stereocenters. The van der Waals surface area contributed by atoms with Crippen molar-refractivity contribution in [1.29, 1.82) is 0 Å². The Bertz CT molecular complexity index is 1380. The van der Waals surface area contributed by atoms with E-state index in [9.17, 15) is 18.0 Å². The molecule has 0 amide bonds. The van der Waals surface area contributed by atoms with Gasteiger partial charge in [0.25, 0.3) is 0 Å². The number of benzene rings is 3. The van der Waals surface area contributed by atoms with Gasteiger partial charge in [-0.3, -0.25) is 0 Å². The van der Waals surface area contributed by atoms with Crippen molar-refractivity contribution < 1.29 is 27.4 Å². The minimum atomic E-state index is -4.38. The van der Waals surface area contributed by atoms with Crippen molar-refractivity contribution in [3.63, 3.8) is 0 Å². The molecule has 0 radical (unpaired) electrons. The Balaban J connectivity index is 1.67. The van der Waals surface area contributed by atoms with Crippen LogP contribution in [-0.2, 0) is 17.5 Å². The van der Waals surface area contributed by atoms with E-state index in [-0.39, 0.29) is 13.2 Å². The Hall–Kier alpha value is -3.52. The van der Waals surface area contributed by atoms with Crippen molar-refractivity contribution in [2.75, 3.05) is 6.61 Å². The fourth-order valence-corrected chi connectivity index (χ4v) is 4.22. The predicted octanol–water partition coefficient (Wildman–Crippen LogP) is 7.99. The van der Waals surface area contributed by atoms with Crippen LogP contribution >= 0.6 is 15.9 Å². The monoisotopic (exact) mass is 557 g/mol. The van der Waals surface area contributed by atoms with Gasteiger partial charge in [-0.05, 0) is 80.1 Å². The van der Waals surface area contributed by atoms with Gasteiger partial charge in [0.1, 0.15) is 12.4 Å². The first kappa shape index (κ1) is 25.6. The number of aryl methyl sites for hydroxylation is 1. The molecule has 0 bridgehead atoms. The van der Waals surface area contributed by atoms with Crippen LogP contribution in [0.3, 0.4) is 0 Å². The van der Waals surface area contributed by atoms with E-state index in [1.165, 1.54) is 12.1 Å². The second-order valence-electron chi connectivity index (χ2n) is 8.09. The zero-order valence-electron chi connectivity index (χ0n) is 19.6. The molecule has 0 aliphatic carbocycles. The third-order valence-electron chi connectivity index (χ3n) is 5.58. The number of carbonyl (C=O) groups is 1. The van der Waals surface area contributed by atoms with Gasteiger partial charge in [-0.25, -0.2) is 4.79 Å². The zero-order chi connectivity index (χ0) is 25.9. The number of hydrogen-bond donors (Lipinski definition) is 0. The third kappa shape index (κ3) is 5.65. The molecule has 0 spiro atoms. The zero-order valence-corrected chi connectivity index (χ0v) is 21.2. The molecule has 0 saturated carbocycles. The highest BCUT2D eigenvalue weighted by atomic mass is 79.9. The van der Waals surface area contributed by atoms with E-state index in [1.54, 1.807) is 25.1 Å². The van der Waals surface area contributed by atoms with Gasteiger partial charge >= 0.3 is 12.1 Å². The topological polar surface area (TPSA) is 40.5 Å². The average molecular weight is 558 g/mol. The molecule has 0 aliphatic rings. The Kier molecular flexibility index (Phi) is 7.54. The van der Waals surface area contributed by atoms with Crippen molar-refractivity contribution in [2.24, 2.45) is 0 Å². The minimum absolute atomic E-state index is 0.102. The Morgan fingerprint density at radius 3 is 2.42 bits per heavy atom. The van der Waals surface area contributed by atoms with Crippen LogP contribution in [0.5, 0.6) is 5.75 Å². The molecule has 186 valence electrons. The molecule has 0 saturated heterocycles. The number of alkyl halides is 3. The summed E-state index contributed by atoms with van der Waals surface area (Å²) in [6.07, 6.45) is -4.38. The van der Waals surface area contributed by atoms with Crippen LogP contribution in [-0.4, -0.2) is 17.1 Å². The highest BCUT2D eigenvalue weighted by Gasteiger charge is 2.30. The van der Waals surface area contributed by atoms with Crippen LogP contribution in [0.4, 0.5) is 13.2 Å². The number of carbonyl (C=O) groups excluding carboxylic acids is 1. The predicted molar refractivity (Wildman–Crippen MR) is 135 cm³/mol. The number of esters is 1. The van der Waals surface area contributed by atoms with Crippen molar-refractivity contribution in [3.8, 4) is 22.7 Å². The molecule has 36 heavy (non-hydrogen) atoms. The van der Waals surface area contributed by atoms with Gasteiger partial charge < -0.3 is 14.0 Å². The Morgan fingerprint density at radius 1 is 0.972 bits per heavy atom. The van der Waals surface area contributed by atoms with Crippen LogP contribution in [0.15, 0.2) is 83.3 Å². The summed E-state index contributed by atoms with van der Waals surface area (Å²) < 4.78 is 52.7. The van der Waals surface area contributed by atoms with Gasteiger partial charge in [-0.2, -0.15) is 13.2 Å². The Labute approximate surface area is 215 Å². The number of hydrogen-bond acceptors (Lipinski definition) is 3. The average Bonchev–Trinajstić information content (AvgIpc) is 3.24. The molecule has 0 atom stereocenters. The lowest BCUT2D eigenvalue weighted by Gasteiger charge is -2.17. The minimum Gasteiger partial charge on any atom is -0.488 e. The van der Waals surface area contributed by atoms with E-state index in [2.05, 4.69) is 15.9 Å². The Morgan fingerprint density at radius 2 is 1.72 bits per heavy atom. The number of nitrogens with zero attached hydrogens (tertiary/aromatic N) is 1. The molecule has 1 heterocycles. The molecule has 4 rings (SSSR count). The summed E-state index contributed by atoms with van der Waals surface area (Å²) in [4.78, 5) is 12.3. The SMILES string of the molecule is CCOC(=O)c1cccc(-n2c(C)ccc2-c2cc(Br)ccc2OCc2ccc(C(F)(F)F)cc2)c1. The number of rotatable bonds is 7. The van der Waals surface area contributed by atoms with Gasteiger partial charge in [0, 0.05) is 21.4 Å². The van der Waals surface area contributed by atoms with Crippen LogP contribution < -0.4 is 4.74 Å². The van der Waals surface area contributed by atoms with Gasteiger partial charge in [0.05, 0.1) is 23.4 Å². The van der Waals surface area contributed by atoms with E-state index in [4.69, 9.17) is 9.47 Å².